The zero-order chi connectivity index (χ0) is 16.5. The molecule has 0 aromatic carbocycles. The molecule has 0 bridgehead atoms. The van der Waals surface area contributed by atoms with Gasteiger partial charge in [-0.25, -0.2) is 0 Å². The molecule has 2 rings (SSSR count). The largest absolute Gasteiger partial charge is 0.381 e. The second-order valence-corrected chi connectivity index (χ2v) is 6.43. The van der Waals surface area contributed by atoms with Gasteiger partial charge in [0.2, 0.25) is 0 Å². The lowest BCUT2D eigenvalue weighted by molar-refractivity contribution is -0.229. The second-order valence-electron chi connectivity index (χ2n) is 5.63. The Morgan fingerprint density at radius 3 is 3.05 bits per heavy atom. The molecule has 7 heteroatoms. The minimum atomic E-state index is -1.38. The lowest BCUT2D eigenvalue weighted by atomic mass is 9.87. The van der Waals surface area contributed by atoms with E-state index in [1.54, 1.807) is 0 Å². The van der Waals surface area contributed by atoms with E-state index in [0.717, 1.165) is 12.0 Å². The van der Waals surface area contributed by atoms with Gasteiger partial charge in [-0.15, -0.1) is 6.58 Å². The van der Waals surface area contributed by atoms with E-state index < -0.39 is 31.6 Å². The van der Waals surface area contributed by atoms with Crippen LogP contribution in [-0.2, 0) is 18.4 Å². The molecular formula is C13H23BO5S. The summed E-state index contributed by atoms with van der Waals surface area (Å²) in [6.07, 6.45) is 0.0873. The number of rotatable bonds is 7. The van der Waals surface area contributed by atoms with E-state index in [-0.39, 0.29) is 24.3 Å². The summed E-state index contributed by atoms with van der Waals surface area (Å²) in [6, 6.07) is 0. The van der Waals surface area contributed by atoms with Gasteiger partial charge in [0.05, 0.1) is 6.61 Å². The number of hydrogen-bond acceptors (Lipinski definition) is 6. The summed E-state index contributed by atoms with van der Waals surface area (Å²) in [4.78, 5) is 0. The normalized spacial score (nSPS) is 39.6. The van der Waals surface area contributed by atoms with Crippen molar-refractivity contribution >= 4 is 19.8 Å². The maximum absolute atomic E-state index is 10.8. The van der Waals surface area contributed by atoms with Crippen LogP contribution in [0.25, 0.3) is 0 Å². The summed E-state index contributed by atoms with van der Waals surface area (Å²) in [6.45, 7) is 9.23. The van der Waals surface area contributed by atoms with Gasteiger partial charge in [0.15, 0.2) is 12.1 Å². The monoisotopic (exact) mass is 305 g/mol. The van der Waals surface area contributed by atoms with Crippen LogP contribution in [0, 0.1) is 5.92 Å². The quantitative estimate of drug-likeness (QED) is 0.323. The number of hydrogen-bond donors (Lipinski definition) is 1. The van der Waals surface area contributed by atoms with Crippen LogP contribution in [0.5, 0.6) is 0 Å². The molecule has 2 heterocycles. The topological polar surface area (TPSA) is 57.2 Å². The molecule has 0 saturated carbocycles. The zero-order valence-corrected chi connectivity index (χ0v) is 12.9. The molecular weight excluding hydrogens is 279 g/mol. The Bertz CT molecular complexity index is 414. The maximum atomic E-state index is 10.8. The fourth-order valence-corrected chi connectivity index (χ4v) is 3.04. The van der Waals surface area contributed by atoms with Gasteiger partial charge in [-0.1, -0.05) is 13.0 Å². The summed E-state index contributed by atoms with van der Waals surface area (Å²) < 4.78 is 36.9. The van der Waals surface area contributed by atoms with Crippen LogP contribution >= 0.6 is 12.0 Å². The van der Waals surface area contributed by atoms with Crippen molar-refractivity contribution in [3.8, 4) is 0 Å². The van der Waals surface area contributed by atoms with E-state index >= 15 is 0 Å². The zero-order valence-electron chi connectivity index (χ0n) is 14.1. The Morgan fingerprint density at radius 2 is 2.45 bits per heavy atom. The first-order chi connectivity index (χ1) is 10.2. The predicted molar refractivity (Wildman–Crippen MR) is 80.0 cm³/mol. The van der Waals surface area contributed by atoms with E-state index in [4.69, 9.17) is 21.1 Å². The Morgan fingerprint density at radius 1 is 1.70 bits per heavy atom. The van der Waals surface area contributed by atoms with Crippen molar-refractivity contribution in [2.45, 2.75) is 50.7 Å². The van der Waals surface area contributed by atoms with Crippen molar-refractivity contribution in [3.63, 3.8) is 0 Å². The summed E-state index contributed by atoms with van der Waals surface area (Å²) in [7, 11) is -0.966. The minimum Gasteiger partial charge on any atom is -0.381 e. The van der Waals surface area contributed by atoms with Crippen molar-refractivity contribution in [2.24, 2.45) is 5.92 Å². The summed E-state index contributed by atoms with van der Waals surface area (Å²) in [5, 5.41) is 10.8. The molecule has 2 unspecified atom stereocenters. The molecule has 2 fully saturated rings. The lowest BCUT2D eigenvalue weighted by Crippen LogP contribution is -2.48. The van der Waals surface area contributed by atoms with Crippen LogP contribution in [0.2, 0.25) is 0 Å². The Hall–Kier alpha value is -0.0451. The summed E-state index contributed by atoms with van der Waals surface area (Å²) in [5.41, 5.74) is -1.17. The van der Waals surface area contributed by atoms with Gasteiger partial charge in [0.25, 0.3) is 0 Å². The molecule has 0 amide bonds. The Kier molecular flexibility index (Phi) is 4.07. The second kappa shape index (κ2) is 5.98. The molecule has 0 radical (unpaired) electrons. The average molecular weight is 305 g/mol. The van der Waals surface area contributed by atoms with Crippen molar-refractivity contribution < 1.29 is 23.5 Å². The first kappa shape index (κ1) is 13.6. The third-order valence-corrected chi connectivity index (χ3v) is 4.07. The molecule has 1 N–H and O–H groups in total. The first-order valence-corrected chi connectivity index (χ1v) is 7.55. The van der Waals surface area contributed by atoms with Gasteiger partial charge in [0.1, 0.15) is 25.6 Å². The van der Waals surface area contributed by atoms with Gasteiger partial charge in [-0.3, -0.25) is 0 Å². The van der Waals surface area contributed by atoms with Crippen LogP contribution in [0.4, 0.5) is 0 Å². The number of fused-ring (bicyclic) bond motifs is 1. The van der Waals surface area contributed by atoms with Crippen molar-refractivity contribution in [2.75, 3.05) is 12.3 Å². The highest BCUT2D eigenvalue weighted by Gasteiger charge is 2.57. The summed E-state index contributed by atoms with van der Waals surface area (Å²) >= 11 is 0.984. The van der Waals surface area contributed by atoms with Crippen molar-refractivity contribution in [3.05, 3.63) is 12.7 Å². The Balaban J connectivity index is 1.95. The van der Waals surface area contributed by atoms with Gasteiger partial charge in [0, 0.05) is 5.92 Å². The third-order valence-electron chi connectivity index (χ3n) is 3.65. The maximum Gasteiger partial charge on any atom is 0.187 e. The average Bonchev–Trinajstić information content (AvgIpc) is 2.88. The lowest BCUT2D eigenvalue weighted by Gasteiger charge is -2.34. The molecule has 0 spiro atoms. The van der Waals surface area contributed by atoms with E-state index in [1.165, 1.54) is 6.08 Å². The molecule has 114 valence electrons. The molecule has 0 aromatic heterocycles. The number of aliphatic hydroxyl groups is 1. The third kappa shape index (κ3) is 3.08. The molecule has 5 nitrogen and oxygen atoms in total. The van der Waals surface area contributed by atoms with E-state index in [1.807, 2.05) is 20.8 Å². The molecule has 2 aliphatic heterocycles. The van der Waals surface area contributed by atoms with Crippen LogP contribution in [0.1, 0.15) is 20.8 Å². The first-order valence-electron chi connectivity index (χ1n) is 7.80. The van der Waals surface area contributed by atoms with E-state index in [9.17, 15) is 5.11 Å². The minimum absolute atomic E-state index is 0.0360. The van der Waals surface area contributed by atoms with Crippen LogP contribution in [-0.4, -0.2) is 57.7 Å². The van der Waals surface area contributed by atoms with Crippen LogP contribution in [0.3, 0.4) is 0 Å². The summed E-state index contributed by atoms with van der Waals surface area (Å²) in [5.74, 6) is -0.784. The fourth-order valence-electron chi connectivity index (χ4n) is 2.67. The highest BCUT2D eigenvalue weighted by Crippen LogP contribution is 2.43. The smallest absolute Gasteiger partial charge is 0.187 e. The van der Waals surface area contributed by atoms with Crippen LogP contribution in [0.15, 0.2) is 12.7 Å². The van der Waals surface area contributed by atoms with Crippen molar-refractivity contribution in [1.82, 2.24) is 0 Å². The standard InChI is InChI=1S/C13H23BO5S/c1-5-13(15,6-16-20-7-14)10-8(2)9-11(17-10)19-12(3,4)18-9/h5,8-11,15H,1,6-7,14H2,2-4H3/t8-,9?,10-,11+,13?/m1/s1/i14TD. The fraction of sp³-hybridized carbons (Fsp3) is 0.846. The Labute approximate surface area is 128 Å². The highest BCUT2D eigenvalue weighted by atomic mass is 32.2. The molecule has 5 atom stereocenters. The molecule has 2 saturated heterocycles. The highest BCUT2D eigenvalue weighted by molar-refractivity contribution is 7.95. The van der Waals surface area contributed by atoms with E-state index in [2.05, 4.69) is 6.58 Å². The van der Waals surface area contributed by atoms with Crippen molar-refractivity contribution in [1.29, 1.82) is 2.67 Å². The van der Waals surface area contributed by atoms with Gasteiger partial charge < -0.3 is 23.5 Å². The molecule has 2 aliphatic rings. The molecule has 20 heavy (non-hydrogen) atoms. The molecule has 0 aromatic rings. The SMILES string of the molecule is [2H]B([3H])CSOCC(O)(C=C)[C@@H]1O[C@H]2OC(C)(C)OC2[C@H]1C. The van der Waals surface area contributed by atoms with Gasteiger partial charge in [-0.2, -0.15) is 0 Å². The van der Waals surface area contributed by atoms with E-state index in [0.29, 0.717) is 0 Å². The molecule has 0 aliphatic carbocycles. The predicted octanol–water partition coefficient (Wildman–Crippen LogP) is 0.671. The van der Waals surface area contributed by atoms with Gasteiger partial charge in [-0.05, 0) is 34.2 Å². The van der Waals surface area contributed by atoms with Crippen LogP contribution < -0.4 is 0 Å². The van der Waals surface area contributed by atoms with Gasteiger partial charge >= 0.3 is 0 Å². The number of ether oxygens (including phenoxy) is 3.